The van der Waals surface area contributed by atoms with Crippen LogP contribution in [-0.2, 0) is 0 Å². The molecule has 32 heavy (non-hydrogen) atoms. The van der Waals surface area contributed by atoms with Crippen LogP contribution in [0.25, 0.3) is 15.4 Å². The summed E-state index contributed by atoms with van der Waals surface area (Å²) in [7, 11) is 0. The van der Waals surface area contributed by atoms with Crippen molar-refractivity contribution in [2.45, 2.75) is 26.3 Å². The van der Waals surface area contributed by atoms with Gasteiger partial charge in [-0.25, -0.2) is 14.4 Å². The number of nitrogens with zero attached hydrogens (tertiary/aromatic N) is 4. The molecule has 164 valence electrons. The van der Waals surface area contributed by atoms with Gasteiger partial charge < -0.3 is 10.2 Å². The van der Waals surface area contributed by atoms with Crippen LogP contribution in [0.1, 0.15) is 38.1 Å². The average molecular weight is 470 g/mol. The van der Waals surface area contributed by atoms with E-state index in [1.807, 2.05) is 18.5 Å². The SMILES string of the molecule is Cc1nc(C(=O)N2CC[C@@H]2CNC(=O)c2c(C)nc3sccn23)c(-c2ccccc2F)s1. The van der Waals surface area contributed by atoms with Crippen molar-refractivity contribution in [2.24, 2.45) is 0 Å². The second-order valence-corrected chi connectivity index (χ2v) is 9.72. The van der Waals surface area contributed by atoms with E-state index in [0.717, 1.165) is 11.4 Å². The van der Waals surface area contributed by atoms with Crippen molar-refractivity contribution in [3.8, 4) is 10.4 Å². The summed E-state index contributed by atoms with van der Waals surface area (Å²) in [5.41, 5.74) is 1.82. The molecule has 0 bridgehead atoms. The largest absolute Gasteiger partial charge is 0.349 e. The predicted octanol–water partition coefficient (Wildman–Crippen LogP) is 3.92. The maximum absolute atomic E-state index is 14.4. The van der Waals surface area contributed by atoms with E-state index in [-0.39, 0.29) is 29.4 Å². The second kappa shape index (κ2) is 8.10. The number of hydrogen-bond donors (Lipinski definition) is 1. The van der Waals surface area contributed by atoms with Crippen molar-refractivity contribution >= 4 is 39.4 Å². The van der Waals surface area contributed by atoms with Gasteiger partial charge in [0.25, 0.3) is 11.8 Å². The standard InChI is InChI=1S/C22H20FN5O2S2/c1-12-18(28-9-10-31-22(28)25-12)20(29)24-11-14-7-8-27(14)21(30)17-19(32-13(2)26-17)15-5-3-4-6-16(15)23/h3-6,9-10,14H,7-8,11H2,1-2H3,(H,24,29)/t14-/m1/s1. The first-order valence-corrected chi connectivity index (χ1v) is 11.9. The lowest BCUT2D eigenvalue weighted by atomic mass is 10.0. The zero-order valence-electron chi connectivity index (χ0n) is 17.5. The number of halogens is 1. The topological polar surface area (TPSA) is 79.6 Å². The van der Waals surface area contributed by atoms with Crippen LogP contribution in [0.5, 0.6) is 0 Å². The quantitative estimate of drug-likeness (QED) is 0.481. The Kier molecular flexibility index (Phi) is 5.26. The minimum absolute atomic E-state index is 0.131. The lowest BCUT2D eigenvalue weighted by molar-refractivity contribution is 0.0451. The lowest BCUT2D eigenvalue weighted by Gasteiger charge is -2.40. The van der Waals surface area contributed by atoms with Crippen molar-refractivity contribution in [3.05, 3.63) is 63.7 Å². The van der Waals surface area contributed by atoms with Gasteiger partial charge in [-0.05, 0) is 26.3 Å². The van der Waals surface area contributed by atoms with E-state index in [9.17, 15) is 14.0 Å². The molecule has 0 saturated carbocycles. The highest BCUT2D eigenvalue weighted by Crippen LogP contribution is 2.34. The number of aromatic nitrogens is 3. The van der Waals surface area contributed by atoms with E-state index in [2.05, 4.69) is 15.3 Å². The zero-order valence-corrected chi connectivity index (χ0v) is 19.1. The van der Waals surface area contributed by atoms with Crippen molar-refractivity contribution in [1.29, 1.82) is 0 Å². The highest BCUT2D eigenvalue weighted by atomic mass is 32.1. The van der Waals surface area contributed by atoms with Crippen LogP contribution in [0.15, 0.2) is 35.8 Å². The summed E-state index contributed by atoms with van der Waals surface area (Å²) in [5, 5.41) is 5.52. The van der Waals surface area contributed by atoms with Crippen LogP contribution in [0.3, 0.4) is 0 Å². The molecule has 1 aromatic carbocycles. The Bertz CT molecular complexity index is 1340. The molecule has 0 aliphatic carbocycles. The van der Waals surface area contributed by atoms with E-state index in [1.165, 1.54) is 28.7 Å². The van der Waals surface area contributed by atoms with Gasteiger partial charge in [0.15, 0.2) is 4.96 Å². The number of aryl methyl sites for hydroxylation is 2. The van der Waals surface area contributed by atoms with Gasteiger partial charge in [-0.1, -0.05) is 18.2 Å². The van der Waals surface area contributed by atoms with Gasteiger partial charge in [-0.15, -0.1) is 22.7 Å². The minimum atomic E-state index is -0.381. The van der Waals surface area contributed by atoms with Gasteiger partial charge in [-0.3, -0.25) is 14.0 Å². The molecule has 0 unspecified atom stereocenters. The monoisotopic (exact) mass is 469 g/mol. The van der Waals surface area contributed by atoms with Crippen LogP contribution in [-0.4, -0.2) is 50.2 Å². The van der Waals surface area contributed by atoms with Gasteiger partial charge in [0, 0.05) is 30.2 Å². The third kappa shape index (κ3) is 3.49. The fourth-order valence-corrected chi connectivity index (χ4v) is 5.62. The number of benzene rings is 1. The number of carbonyl (C=O) groups is 2. The van der Waals surface area contributed by atoms with Crippen LogP contribution in [0, 0.1) is 19.7 Å². The van der Waals surface area contributed by atoms with Gasteiger partial charge in [0.05, 0.1) is 21.6 Å². The van der Waals surface area contributed by atoms with E-state index in [0.29, 0.717) is 39.9 Å². The molecule has 2 amide bonds. The Morgan fingerprint density at radius 3 is 2.81 bits per heavy atom. The fraction of sp³-hybridized carbons (Fsp3) is 0.273. The molecule has 10 heteroatoms. The van der Waals surface area contributed by atoms with E-state index >= 15 is 0 Å². The highest BCUT2D eigenvalue weighted by molar-refractivity contribution is 7.15. The summed E-state index contributed by atoms with van der Waals surface area (Å²) in [5.74, 6) is -0.836. The van der Waals surface area contributed by atoms with Gasteiger partial charge in [0.1, 0.15) is 17.2 Å². The maximum Gasteiger partial charge on any atom is 0.274 e. The third-order valence-electron chi connectivity index (χ3n) is 5.61. The molecule has 1 saturated heterocycles. The van der Waals surface area contributed by atoms with Crippen LogP contribution < -0.4 is 5.32 Å². The van der Waals surface area contributed by atoms with Crippen molar-refractivity contribution in [3.63, 3.8) is 0 Å². The fourth-order valence-electron chi connectivity index (χ4n) is 3.92. The summed E-state index contributed by atoms with van der Waals surface area (Å²) in [6.07, 6.45) is 2.60. The Morgan fingerprint density at radius 2 is 2.06 bits per heavy atom. The summed E-state index contributed by atoms with van der Waals surface area (Å²) in [4.78, 5) is 37.8. The lowest BCUT2D eigenvalue weighted by Crippen LogP contribution is -2.56. The number of nitrogens with one attached hydrogen (secondary N) is 1. The summed E-state index contributed by atoms with van der Waals surface area (Å²) >= 11 is 2.78. The van der Waals surface area contributed by atoms with E-state index in [1.54, 1.807) is 34.4 Å². The number of rotatable bonds is 5. The molecule has 0 spiro atoms. The Morgan fingerprint density at radius 1 is 1.25 bits per heavy atom. The molecular formula is C22H20FN5O2S2. The van der Waals surface area contributed by atoms with Crippen LogP contribution in [0.2, 0.25) is 0 Å². The molecule has 7 nitrogen and oxygen atoms in total. The highest BCUT2D eigenvalue weighted by Gasteiger charge is 2.36. The number of thiazole rings is 2. The van der Waals surface area contributed by atoms with Crippen molar-refractivity contribution in [1.82, 2.24) is 24.6 Å². The first-order valence-electron chi connectivity index (χ1n) is 10.2. The smallest absolute Gasteiger partial charge is 0.274 e. The molecule has 3 aromatic heterocycles. The molecule has 1 fully saturated rings. The van der Waals surface area contributed by atoms with Gasteiger partial charge in [-0.2, -0.15) is 0 Å². The van der Waals surface area contributed by atoms with E-state index < -0.39 is 0 Å². The molecule has 5 rings (SSSR count). The summed E-state index contributed by atoms with van der Waals surface area (Å²) in [6, 6.07) is 6.27. The van der Waals surface area contributed by atoms with Gasteiger partial charge in [0.2, 0.25) is 0 Å². The van der Waals surface area contributed by atoms with Crippen molar-refractivity contribution < 1.29 is 14.0 Å². The summed E-state index contributed by atoms with van der Waals surface area (Å²) in [6.45, 7) is 4.52. The molecule has 0 radical (unpaired) electrons. The summed E-state index contributed by atoms with van der Waals surface area (Å²) < 4.78 is 16.1. The molecule has 4 heterocycles. The third-order valence-corrected chi connectivity index (χ3v) is 7.37. The molecule has 1 aliphatic rings. The Labute approximate surface area is 191 Å². The van der Waals surface area contributed by atoms with Crippen LogP contribution >= 0.6 is 22.7 Å². The number of amides is 2. The van der Waals surface area contributed by atoms with E-state index in [4.69, 9.17) is 0 Å². The average Bonchev–Trinajstić information content (AvgIpc) is 3.41. The first-order chi connectivity index (χ1) is 15.4. The number of hydrogen-bond acceptors (Lipinski definition) is 6. The molecule has 4 aromatic rings. The number of fused-ring (bicyclic) bond motifs is 1. The van der Waals surface area contributed by atoms with Crippen LogP contribution in [0.4, 0.5) is 4.39 Å². The first kappa shape index (κ1) is 20.8. The second-order valence-electron chi connectivity index (χ2n) is 7.64. The number of likely N-dealkylation sites (tertiary alicyclic amines) is 1. The maximum atomic E-state index is 14.4. The number of imidazole rings is 1. The molecule has 1 aliphatic heterocycles. The molecule has 1 N–H and O–H groups in total. The minimum Gasteiger partial charge on any atom is -0.349 e. The molecular weight excluding hydrogens is 449 g/mol. The van der Waals surface area contributed by atoms with Gasteiger partial charge >= 0.3 is 0 Å². The zero-order chi connectivity index (χ0) is 22.4. The predicted molar refractivity (Wildman–Crippen MR) is 122 cm³/mol. The normalized spacial score (nSPS) is 15.7. The Balaban J connectivity index is 1.32. The molecule has 1 atom stereocenters. The number of carbonyl (C=O) groups excluding carboxylic acids is 2. The Hall–Kier alpha value is -3.11. The van der Waals surface area contributed by atoms with Crippen molar-refractivity contribution in [2.75, 3.05) is 13.1 Å².